The molecule has 0 unspecified atom stereocenters. The van der Waals surface area contributed by atoms with Crippen LogP contribution in [-0.2, 0) is 0 Å². The summed E-state index contributed by atoms with van der Waals surface area (Å²) in [5.74, 6) is 0.887. The molecule has 4 heterocycles. The van der Waals surface area contributed by atoms with E-state index in [4.69, 9.17) is 4.98 Å². The lowest BCUT2D eigenvalue weighted by molar-refractivity contribution is 1.07. The second kappa shape index (κ2) is 9.67. The van der Waals surface area contributed by atoms with Gasteiger partial charge in [0.15, 0.2) is 0 Å². The molecule has 216 valence electrons. The molecule has 0 amide bonds. The summed E-state index contributed by atoms with van der Waals surface area (Å²) in [6.07, 6.45) is 1.87. The van der Waals surface area contributed by atoms with Crippen molar-refractivity contribution in [1.29, 1.82) is 0 Å². The minimum Gasteiger partial charge on any atom is -0.309 e. The maximum Gasteiger partial charge on any atom is 0.137 e. The highest BCUT2D eigenvalue weighted by atomic mass is 79.9. The van der Waals surface area contributed by atoms with Crippen LogP contribution in [0.25, 0.3) is 82.6 Å². The maximum absolute atomic E-state index is 4.84. The lowest BCUT2D eigenvalue weighted by Gasteiger charge is -2.10. The number of hydrogen-bond acceptors (Lipinski definition) is 1. The molecular formula is C41H25BrN4. The monoisotopic (exact) mass is 652 g/mol. The van der Waals surface area contributed by atoms with Crippen molar-refractivity contribution in [3.63, 3.8) is 0 Å². The SMILES string of the molecule is Brc1ccc(-n2c3ccc(-n4c5ccccc5c5ccccc54)cc3c3cc(-n4c5ccccc5c5ccccc54)ccc32)nc1. The Kier molecular flexibility index (Phi) is 5.39. The van der Waals surface area contributed by atoms with E-state index in [-0.39, 0.29) is 0 Å². The fourth-order valence-electron chi connectivity index (χ4n) is 7.43. The Labute approximate surface area is 272 Å². The molecule has 0 radical (unpaired) electrons. The van der Waals surface area contributed by atoms with E-state index in [9.17, 15) is 0 Å². The average Bonchev–Trinajstić information content (AvgIpc) is 3.74. The number of para-hydroxylation sites is 4. The van der Waals surface area contributed by atoms with Gasteiger partial charge in [0, 0.05) is 54.4 Å². The molecule has 0 fully saturated rings. The van der Waals surface area contributed by atoms with E-state index in [1.807, 2.05) is 6.20 Å². The number of hydrogen-bond donors (Lipinski definition) is 0. The van der Waals surface area contributed by atoms with Crippen LogP contribution >= 0.6 is 15.9 Å². The third kappa shape index (κ3) is 3.57. The summed E-state index contributed by atoms with van der Waals surface area (Å²) in [5.41, 5.74) is 9.31. The van der Waals surface area contributed by atoms with Crippen LogP contribution in [0, 0.1) is 0 Å². The van der Waals surface area contributed by atoms with Gasteiger partial charge in [0.2, 0.25) is 0 Å². The molecule has 10 aromatic rings. The number of halogens is 1. The zero-order chi connectivity index (χ0) is 30.4. The van der Waals surface area contributed by atoms with Gasteiger partial charge in [-0.05, 0) is 88.7 Å². The van der Waals surface area contributed by atoms with Crippen LogP contribution in [0.5, 0.6) is 0 Å². The fourth-order valence-corrected chi connectivity index (χ4v) is 7.66. The molecule has 0 bridgehead atoms. The zero-order valence-electron chi connectivity index (χ0n) is 24.6. The number of benzene rings is 6. The van der Waals surface area contributed by atoms with Crippen LogP contribution in [0.1, 0.15) is 0 Å². The molecule has 10 rings (SSSR count). The minimum atomic E-state index is 0.887. The molecule has 0 saturated carbocycles. The van der Waals surface area contributed by atoms with Crippen molar-refractivity contribution in [1.82, 2.24) is 18.7 Å². The maximum atomic E-state index is 4.84. The number of pyridine rings is 1. The highest BCUT2D eigenvalue weighted by molar-refractivity contribution is 9.10. The highest BCUT2D eigenvalue weighted by Crippen LogP contribution is 2.39. The van der Waals surface area contributed by atoms with Gasteiger partial charge in [0.05, 0.1) is 33.1 Å². The van der Waals surface area contributed by atoms with E-state index < -0.39 is 0 Å². The van der Waals surface area contributed by atoms with Crippen molar-refractivity contribution in [3.05, 3.63) is 156 Å². The molecule has 0 aliphatic heterocycles. The van der Waals surface area contributed by atoms with Crippen molar-refractivity contribution in [2.24, 2.45) is 0 Å². The zero-order valence-corrected chi connectivity index (χ0v) is 26.2. The quantitative estimate of drug-likeness (QED) is 0.186. The number of nitrogens with zero attached hydrogens (tertiary/aromatic N) is 4. The molecule has 4 nitrogen and oxygen atoms in total. The van der Waals surface area contributed by atoms with Crippen LogP contribution in [-0.4, -0.2) is 18.7 Å². The smallest absolute Gasteiger partial charge is 0.137 e. The molecule has 0 spiro atoms. The Hall–Kier alpha value is -5.65. The number of rotatable bonds is 3. The van der Waals surface area contributed by atoms with Crippen LogP contribution in [0.4, 0.5) is 0 Å². The van der Waals surface area contributed by atoms with E-state index in [0.29, 0.717) is 0 Å². The van der Waals surface area contributed by atoms with Crippen molar-refractivity contribution < 1.29 is 0 Å². The first-order valence-corrected chi connectivity index (χ1v) is 16.2. The average molecular weight is 654 g/mol. The van der Waals surface area contributed by atoms with E-state index in [2.05, 4.69) is 175 Å². The molecule has 0 atom stereocenters. The van der Waals surface area contributed by atoms with Gasteiger partial charge in [-0.2, -0.15) is 0 Å². The lowest BCUT2D eigenvalue weighted by atomic mass is 10.1. The first-order chi connectivity index (χ1) is 22.7. The Morgan fingerprint density at radius 1 is 0.370 bits per heavy atom. The van der Waals surface area contributed by atoms with Gasteiger partial charge >= 0.3 is 0 Å². The second-order valence-corrected chi connectivity index (χ2v) is 12.7. The van der Waals surface area contributed by atoms with Crippen LogP contribution in [0.15, 0.2) is 156 Å². The first-order valence-electron chi connectivity index (χ1n) is 15.4. The van der Waals surface area contributed by atoms with Crippen molar-refractivity contribution in [3.8, 4) is 17.2 Å². The van der Waals surface area contributed by atoms with Gasteiger partial charge in [0.25, 0.3) is 0 Å². The van der Waals surface area contributed by atoms with Crippen molar-refractivity contribution >= 4 is 81.3 Å². The van der Waals surface area contributed by atoms with Gasteiger partial charge < -0.3 is 9.13 Å². The molecule has 46 heavy (non-hydrogen) atoms. The van der Waals surface area contributed by atoms with Gasteiger partial charge in [0.1, 0.15) is 5.82 Å². The molecule has 4 aromatic heterocycles. The van der Waals surface area contributed by atoms with E-state index >= 15 is 0 Å². The van der Waals surface area contributed by atoms with Gasteiger partial charge in [-0.3, -0.25) is 4.57 Å². The molecule has 5 heteroatoms. The van der Waals surface area contributed by atoms with Gasteiger partial charge in [-0.25, -0.2) is 4.98 Å². The predicted octanol–water partition coefficient (Wildman–Crippen LogP) is 11.1. The number of aromatic nitrogens is 4. The molecule has 0 aliphatic carbocycles. The summed E-state index contributed by atoms with van der Waals surface area (Å²) in [6, 6.07) is 52.5. The standard InChI is InChI=1S/C41H25BrN4/c42-26-17-22-41(43-25-26)46-39-20-18-27(44-35-13-5-1-9-29(35)30-10-2-6-14-36(30)44)23-33(39)34-24-28(19-21-40(34)46)45-37-15-7-3-11-31(37)32-12-4-8-16-38(32)45/h1-25H. The van der Waals surface area contributed by atoms with E-state index in [1.54, 1.807) is 0 Å². The summed E-state index contributed by atoms with van der Waals surface area (Å²) < 4.78 is 8.02. The topological polar surface area (TPSA) is 27.7 Å². The molecule has 0 saturated heterocycles. The largest absolute Gasteiger partial charge is 0.309 e. The predicted molar refractivity (Wildman–Crippen MR) is 195 cm³/mol. The second-order valence-electron chi connectivity index (χ2n) is 11.8. The van der Waals surface area contributed by atoms with Crippen LogP contribution in [0.3, 0.4) is 0 Å². The third-order valence-corrected chi connectivity index (χ3v) is 9.82. The summed E-state index contributed by atoms with van der Waals surface area (Å²) in [7, 11) is 0. The van der Waals surface area contributed by atoms with Crippen molar-refractivity contribution in [2.75, 3.05) is 0 Å². The Bertz CT molecular complexity index is 2540. The lowest BCUT2D eigenvalue weighted by Crippen LogP contribution is -1.98. The molecule has 6 aromatic carbocycles. The summed E-state index contributed by atoms with van der Waals surface area (Å²) in [4.78, 5) is 4.84. The summed E-state index contributed by atoms with van der Waals surface area (Å²) >= 11 is 3.57. The Morgan fingerprint density at radius 3 is 1.15 bits per heavy atom. The molecule has 0 N–H and O–H groups in total. The summed E-state index contributed by atoms with van der Waals surface area (Å²) in [6.45, 7) is 0. The first kappa shape index (κ1) is 25.7. The highest BCUT2D eigenvalue weighted by Gasteiger charge is 2.19. The summed E-state index contributed by atoms with van der Waals surface area (Å²) in [5, 5.41) is 7.40. The molecular weight excluding hydrogens is 628 g/mol. The van der Waals surface area contributed by atoms with E-state index in [0.717, 1.165) is 32.7 Å². The number of fused-ring (bicyclic) bond motifs is 9. The Balaban J connectivity index is 1.30. The minimum absolute atomic E-state index is 0.887. The third-order valence-electron chi connectivity index (χ3n) is 9.35. The van der Waals surface area contributed by atoms with Crippen LogP contribution in [0.2, 0.25) is 0 Å². The fraction of sp³-hybridized carbons (Fsp3) is 0. The molecule has 0 aliphatic rings. The van der Waals surface area contributed by atoms with Gasteiger partial charge in [-0.1, -0.05) is 72.8 Å². The normalized spacial score (nSPS) is 12.0. The van der Waals surface area contributed by atoms with E-state index in [1.165, 1.54) is 54.4 Å². The van der Waals surface area contributed by atoms with Crippen LogP contribution < -0.4 is 0 Å². The Morgan fingerprint density at radius 2 is 0.761 bits per heavy atom. The van der Waals surface area contributed by atoms with Crippen molar-refractivity contribution in [2.45, 2.75) is 0 Å². The van der Waals surface area contributed by atoms with Gasteiger partial charge in [-0.15, -0.1) is 0 Å².